The minimum atomic E-state index is -1.70. The molecule has 0 amide bonds. The molecule has 0 radical (unpaired) electrons. The van der Waals surface area contributed by atoms with Gasteiger partial charge in [0.25, 0.3) is 0 Å². The third kappa shape index (κ3) is 3.50. The van der Waals surface area contributed by atoms with Gasteiger partial charge in [0.2, 0.25) is 0 Å². The third-order valence-electron chi connectivity index (χ3n) is 4.17. The van der Waals surface area contributed by atoms with Crippen LogP contribution in [0.5, 0.6) is 0 Å². The van der Waals surface area contributed by atoms with Gasteiger partial charge in [0.1, 0.15) is 0 Å². The summed E-state index contributed by atoms with van der Waals surface area (Å²) in [5, 5.41) is 0.620. The van der Waals surface area contributed by atoms with Gasteiger partial charge in [0.05, 0.1) is 0 Å². The van der Waals surface area contributed by atoms with E-state index < -0.39 is 19.7 Å². The van der Waals surface area contributed by atoms with Crippen molar-refractivity contribution in [3.63, 3.8) is 0 Å². The van der Waals surface area contributed by atoms with Gasteiger partial charge in [0.15, 0.2) is 0 Å². The summed E-state index contributed by atoms with van der Waals surface area (Å²) in [7, 11) is 13.4. The summed E-state index contributed by atoms with van der Waals surface area (Å²) in [6, 6.07) is 0. The van der Waals surface area contributed by atoms with E-state index in [-0.39, 0.29) is 17.1 Å². The van der Waals surface area contributed by atoms with Crippen LogP contribution in [0, 0.1) is 0 Å². The average molecular weight is 449 g/mol. The second-order valence-corrected chi connectivity index (χ2v) is 24.7. The van der Waals surface area contributed by atoms with E-state index in [1.54, 1.807) is 0 Å². The minimum absolute atomic E-state index is 0. The largest absolute Gasteiger partial charge is 0 e. The minimum Gasteiger partial charge on any atom is 0 e. The Bertz CT molecular complexity index is 251. The first kappa shape index (κ1) is 20.2. The van der Waals surface area contributed by atoms with Crippen molar-refractivity contribution in [2.24, 2.45) is 0 Å². The monoisotopic (exact) mass is 447 g/mol. The molecule has 0 aromatic heterocycles. The van der Waals surface area contributed by atoms with Crippen molar-refractivity contribution in [2.45, 2.75) is 83.2 Å². The molecule has 0 N–H and O–H groups in total. The van der Waals surface area contributed by atoms with Crippen LogP contribution in [-0.2, 0) is 31.3 Å². The van der Waals surface area contributed by atoms with Gasteiger partial charge in [-0.1, -0.05) is 0 Å². The van der Waals surface area contributed by atoms with Crippen LogP contribution in [0.2, 0.25) is 0 Å². The molecular weight excluding hydrogens is 420 g/mol. The zero-order chi connectivity index (χ0) is 13.5. The Morgan fingerprint density at radius 2 is 1.22 bits per heavy atom. The van der Waals surface area contributed by atoms with Crippen LogP contribution < -0.4 is 0 Å². The summed E-state index contributed by atoms with van der Waals surface area (Å²) in [4.78, 5) is 0. The number of halogens is 2. The summed E-state index contributed by atoms with van der Waals surface area (Å²) in [6.45, 7) is 14.3. The van der Waals surface area contributed by atoms with E-state index in [9.17, 15) is 0 Å². The summed E-state index contributed by atoms with van der Waals surface area (Å²) in [6.07, 6.45) is 5.52. The van der Waals surface area contributed by atoms with Crippen LogP contribution in [0.4, 0.5) is 0 Å². The molecule has 1 aliphatic rings. The molecule has 1 saturated carbocycles. The van der Waals surface area contributed by atoms with Crippen LogP contribution in [0.1, 0.15) is 67.2 Å². The smallest absolute Gasteiger partial charge is 0 e. The maximum absolute atomic E-state index is 6.69. The molecule has 0 aliphatic heterocycles. The molecule has 0 bridgehead atoms. The van der Waals surface area contributed by atoms with E-state index in [0.29, 0.717) is 10.3 Å². The topological polar surface area (TPSA) is 0 Å². The molecule has 0 aromatic rings. The van der Waals surface area contributed by atoms with Crippen molar-refractivity contribution in [1.82, 2.24) is 0 Å². The fourth-order valence-electron chi connectivity index (χ4n) is 4.11. The van der Waals surface area contributed by atoms with Crippen molar-refractivity contribution in [3.05, 3.63) is 0 Å². The van der Waals surface area contributed by atoms with Gasteiger partial charge < -0.3 is 0 Å². The summed E-state index contributed by atoms with van der Waals surface area (Å²) in [5.41, 5.74) is -0.850. The van der Waals surface area contributed by atoms with Gasteiger partial charge in [0, 0.05) is 17.1 Å². The van der Waals surface area contributed by atoms with Crippen LogP contribution in [0.15, 0.2) is 0 Å². The Balaban J connectivity index is 0.00000289. The van der Waals surface area contributed by atoms with Crippen molar-refractivity contribution < 1.29 is 31.3 Å². The molecule has 18 heavy (non-hydrogen) atoms. The summed E-state index contributed by atoms with van der Waals surface area (Å²) >= 11 is -1.40. The third-order valence-corrected chi connectivity index (χ3v) is 28.8. The Labute approximate surface area is 138 Å². The SMILES string of the molecule is CC(C)(C)[PH](C1CCCC1)([Pd]([Cl])[Cl])C(C)(C)C.[Fe]. The van der Waals surface area contributed by atoms with E-state index >= 15 is 0 Å². The van der Waals surface area contributed by atoms with E-state index in [0.717, 1.165) is 5.66 Å². The molecule has 1 aliphatic carbocycles. The van der Waals surface area contributed by atoms with E-state index in [2.05, 4.69) is 41.5 Å². The quantitative estimate of drug-likeness (QED) is 0.353. The van der Waals surface area contributed by atoms with Crippen molar-refractivity contribution in [3.8, 4) is 0 Å². The van der Waals surface area contributed by atoms with Crippen LogP contribution in [-0.4, -0.2) is 16.0 Å². The van der Waals surface area contributed by atoms with E-state index in [4.69, 9.17) is 19.1 Å². The first-order valence-electron chi connectivity index (χ1n) is 6.50. The zero-order valence-corrected chi connectivity index (χ0v) is 17.5. The van der Waals surface area contributed by atoms with Crippen molar-refractivity contribution >= 4 is 24.5 Å². The van der Waals surface area contributed by atoms with Crippen LogP contribution in [0.3, 0.4) is 0 Å². The molecule has 117 valence electrons. The molecule has 0 unspecified atom stereocenters. The molecule has 0 spiro atoms. The predicted molar refractivity (Wildman–Crippen MR) is 81.8 cm³/mol. The van der Waals surface area contributed by atoms with Gasteiger partial charge in [-0.15, -0.1) is 0 Å². The number of hydrogen-bond acceptors (Lipinski definition) is 0. The fraction of sp³-hybridized carbons (Fsp3) is 1.00. The van der Waals surface area contributed by atoms with E-state index in [1.807, 2.05) is 0 Å². The Morgan fingerprint density at radius 1 is 0.889 bits per heavy atom. The molecule has 1 fully saturated rings. The predicted octanol–water partition coefficient (Wildman–Crippen LogP) is 6.11. The summed E-state index contributed by atoms with van der Waals surface area (Å²) in [5.74, 6) is 0. The molecule has 0 heterocycles. The maximum atomic E-state index is 6.69. The summed E-state index contributed by atoms with van der Waals surface area (Å²) < 4.78 is 0. The Hall–Kier alpha value is 2.19. The molecule has 0 saturated heterocycles. The molecule has 0 aromatic carbocycles. The first-order chi connectivity index (χ1) is 7.55. The van der Waals surface area contributed by atoms with Gasteiger partial charge in [-0.25, -0.2) is 0 Å². The normalized spacial score (nSPS) is 20.6. The van der Waals surface area contributed by atoms with Crippen LogP contribution >= 0.6 is 24.5 Å². The van der Waals surface area contributed by atoms with Gasteiger partial charge in [-0.2, -0.15) is 0 Å². The van der Waals surface area contributed by atoms with Crippen LogP contribution in [0.25, 0.3) is 0 Å². The molecule has 1 rings (SSSR count). The Kier molecular flexibility index (Phi) is 7.82. The number of rotatable bonds is 2. The average Bonchev–Trinajstić information content (AvgIpc) is 2.50. The van der Waals surface area contributed by atoms with Crippen molar-refractivity contribution in [2.75, 3.05) is 0 Å². The standard InChI is InChI=1S/C13H27P.2ClH.Fe.Pd/c1-12(2,3)14(13(4,5)6)11-9-7-8-10-11;;;;/h11H,7-10H2,1-6H3;2*1H;;/q;;;;+1/p-1. The molecular formula is C13H28Cl2FePPd. The fourth-order valence-corrected chi connectivity index (χ4v) is 35.2. The van der Waals surface area contributed by atoms with Gasteiger partial charge >= 0.3 is 122 Å². The first-order valence-corrected chi connectivity index (χ1v) is 14.7. The Morgan fingerprint density at radius 3 is 1.44 bits per heavy atom. The zero-order valence-electron chi connectivity index (χ0n) is 12.3. The van der Waals surface area contributed by atoms with E-state index in [1.165, 1.54) is 25.7 Å². The second-order valence-electron chi connectivity index (χ2n) is 7.31. The van der Waals surface area contributed by atoms with Gasteiger partial charge in [-0.3, -0.25) is 0 Å². The maximum Gasteiger partial charge on any atom is 0 e. The number of hydrogen-bond donors (Lipinski definition) is 0. The molecule has 5 heteroatoms. The molecule has 0 nitrogen and oxygen atoms in total. The second kappa shape index (κ2) is 6.97. The molecule has 0 atom stereocenters. The van der Waals surface area contributed by atoms with Gasteiger partial charge in [-0.05, 0) is 0 Å². The van der Waals surface area contributed by atoms with Crippen molar-refractivity contribution in [1.29, 1.82) is 0 Å².